The Hall–Kier alpha value is -2.99. The molecular formula is C21H21NO5. The van der Waals surface area contributed by atoms with Gasteiger partial charge in [0.1, 0.15) is 11.3 Å². The van der Waals surface area contributed by atoms with Crippen LogP contribution in [0.5, 0.6) is 17.2 Å². The lowest BCUT2D eigenvalue weighted by Crippen LogP contribution is -2.03. The predicted molar refractivity (Wildman–Crippen MR) is 103 cm³/mol. The van der Waals surface area contributed by atoms with Crippen molar-refractivity contribution < 1.29 is 23.4 Å². The monoisotopic (exact) mass is 367 g/mol. The van der Waals surface area contributed by atoms with E-state index in [0.717, 1.165) is 35.3 Å². The molecule has 27 heavy (non-hydrogen) atoms. The molecule has 3 heterocycles. The molecule has 6 heteroatoms. The topological polar surface area (TPSA) is 63.0 Å². The van der Waals surface area contributed by atoms with Crippen molar-refractivity contribution in [3.8, 4) is 28.6 Å². The van der Waals surface area contributed by atoms with Gasteiger partial charge in [0.05, 0.1) is 34.5 Å². The van der Waals surface area contributed by atoms with Gasteiger partial charge in [0, 0.05) is 23.4 Å². The van der Waals surface area contributed by atoms with Gasteiger partial charge in [-0.3, -0.25) is 4.98 Å². The molecule has 2 aromatic heterocycles. The van der Waals surface area contributed by atoms with Gasteiger partial charge in [-0.15, -0.1) is 0 Å². The van der Waals surface area contributed by atoms with E-state index in [1.54, 1.807) is 21.3 Å². The van der Waals surface area contributed by atoms with Crippen molar-refractivity contribution in [1.82, 2.24) is 4.98 Å². The van der Waals surface area contributed by atoms with Crippen LogP contribution in [0, 0.1) is 0 Å². The summed E-state index contributed by atoms with van der Waals surface area (Å²) in [4.78, 5) is 4.46. The lowest BCUT2D eigenvalue weighted by molar-refractivity contribution is 0.161. The fourth-order valence-electron chi connectivity index (χ4n) is 3.33. The van der Waals surface area contributed by atoms with Crippen molar-refractivity contribution in [2.45, 2.75) is 6.42 Å². The maximum atomic E-state index is 6.21. The molecule has 0 radical (unpaired) electrons. The van der Waals surface area contributed by atoms with Crippen molar-refractivity contribution in [3.63, 3.8) is 0 Å². The molecule has 0 bridgehead atoms. The first-order valence-corrected chi connectivity index (χ1v) is 8.71. The maximum Gasteiger partial charge on any atom is 0.203 e. The van der Waals surface area contributed by atoms with Gasteiger partial charge in [-0.2, -0.15) is 0 Å². The summed E-state index contributed by atoms with van der Waals surface area (Å²) in [5, 5.41) is 0. The van der Waals surface area contributed by atoms with E-state index < -0.39 is 0 Å². The van der Waals surface area contributed by atoms with Crippen LogP contribution in [0.1, 0.15) is 12.0 Å². The minimum atomic E-state index is 0.547. The third-order valence-electron chi connectivity index (χ3n) is 4.67. The van der Waals surface area contributed by atoms with Crippen LogP contribution in [-0.2, 0) is 4.74 Å². The Labute approximate surface area is 157 Å². The normalized spacial score (nSPS) is 14.1. The van der Waals surface area contributed by atoms with Crippen LogP contribution >= 0.6 is 0 Å². The van der Waals surface area contributed by atoms with Crippen LogP contribution < -0.4 is 14.2 Å². The van der Waals surface area contributed by atoms with Gasteiger partial charge in [0.2, 0.25) is 5.75 Å². The van der Waals surface area contributed by atoms with Gasteiger partial charge >= 0.3 is 0 Å². The highest BCUT2D eigenvalue weighted by atomic mass is 16.5. The third-order valence-corrected chi connectivity index (χ3v) is 4.67. The Morgan fingerprint density at radius 2 is 1.78 bits per heavy atom. The number of methoxy groups -OCH3 is 3. The Kier molecular flexibility index (Phi) is 4.73. The van der Waals surface area contributed by atoms with Gasteiger partial charge < -0.3 is 23.4 Å². The summed E-state index contributed by atoms with van der Waals surface area (Å²) in [7, 11) is 4.77. The van der Waals surface area contributed by atoms with Crippen molar-refractivity contribution in [2.24, 2.45) is 0 Å². The highest BCUT2D eigenvalue weighted by Crippen LogP contribution is 2.42. The number of nitrogens with zero attached hydrogens (tertiary/aromatic N) is 1. The van der Waals surface area contributed by atoms with Gasteiger partial charge in [-0.05, 0) is 30.2 Å². The standard InChI is InChI=1S/C21H21NO5/c1-23-18-10-14(11-19(24-2)21(18)25-3)17-12-16-20(27-17)15(4-7-22-16)13-5-8-26-9-6-13/h4-5,7,10-12H,6,8-9H2,1-3H3. The highest BCUT2D eigenvalue weighted by molar-refractivity contribution is 5.90. The van der Waals surface area contributed by atoms with Gasteiger partial charge in [0.15, 0.2) is 17.1 Å². The molecule has 3 aromatic rings. The smallest absolute Gasteiger partial charge is 0.203 e. The Balaban J connectivity index is 1.84. The molecule has 0 saturated heterocycles. The zero-order chi connectivity index (χ0) is 18.8. The van der Waals surface area contributed by atoms with Crippen molar-refractivity contribution >= 4 is 16.7 Å². The molecule has 1 aliphatic rings. The average molecular weight is 367 g/mol. The quantitative estimate of drug-likeness (QED) is 0.669. The molecule has 1 aliphatic heterocycles. The summed E-state index contributed by atoms with van der Waals surface area (Å²) in [6, 6.07) is 7.65. The summed E-state index contributed by atoms with van der Waals surface area (Å²) in [5.74, 6) is 2.39. The highest BCUT2D eigenvalue weighted by Gasteiger charge is 2.19. The fraction of sp³-hybridized carbons (Fsp3) is 0.286. The summed E-state index contributed by atoms with van der Waals surface area (Å²) in [5.41, 5.74) is 4.69. The predicted octanol–water partition coefficient (Wildman–Crippen LogP) is 4.32. The molecular weight excluding hydrogens is 346 g/mol. The van der Waals surface area contributed by atoms with Crippen molar-refractivity contribution in [1.29, 1.82) is 0 Å². The van der Waals surface area contributed by atoms with E-state index in [4.69, 9.17) is 23.4 Å². The zero-order valence-electron chi connectivity index (χ0n) is 15.6. The fourth-order valence-corrected chi connectivity index (χ4v) is 3.33. The molecule has 0 N–H and O–H groups in total. The van der Waals surface area contributed by atoms with E-state index in [2.05, 4.69) is 11.1 Å². The second-order valence-electron chi connectivity index (χ2n) is 6.15. The van der Waals surface area contributed by atoms with Crippen LogP contribution in [0.2, 0.25) is 0 Å². The lowest BCUT2D eigenvalue weighted by Gasteiger charge is -2.14. The minimum Gasteiger partial charge on any atom is -0.493 e. The van der Waals surface area contributed by atoms with Crippen molar-refractivity contribution in [2.75, 3.05) is 34.5 Å². The molecule has 4 rings (SSSR count). The average Bonchev–Trinajstić information content (AvgIpc) is 3.17. The second-order valence-corrected chi connectivity index (χ2v) is 6.15. The van der Waals surface area contributed by atoms with Crippen LogP contribution in [0.25, 0.3) is 28.0 Å². The van der Waals surface area contributed by atoms with E-state index in [1.165, 1.54) is 5.57 Å². The SMILES string of the molecule is COc1cc(-c2cc3nccc(C4=CCOCC4)c3o2)cc(OC)c1OC. The molecule has 6 nitrogen and oxygen atoms in total. The Morgan fingerprint density at radius 3 is 2.41 bits per heavy atom. The number of ether oxygens (including phenoxy) is 4. The number of aromatic nitrogens is 1. The van der Waals surface area contributed by atoms with E-state index in [0.29, 0.717) is 29.6 Å². The summed E-state index contributed by atoms with van der Waals surface area (Å²) >= 11 is 0. The Morgan fingerprint density at radius 1 is 1.00 bits per heavy atom. The number of pyridine rings is 1. The summed E-state index contributed by atoms with van der Waals surface area (Å²) < 4.78 is 27.9. The molecule has 0 atom stereocenters. The number of furan rings is 1. The van der Waals surface area contributed by atoms with Gasteiger partial charge in [-0.1, -0.05) is 6.08 Å². The molecule has 140 valence electrons. The van der Waals surface area contributed by atoms with Crippen LogP contribution in [0.3, 0.4) is 0 Å². The van der Waals surface area contributed by atoms with E-state index in [9.17, 15) is 0 Å². The Bertz CT molecular complexity index is 980. The van der Waals surface area contributed by atoms with E-state index >= 15 is 0 Å². The largest absolute Gasteiger partial charge is 0.493 e. The molecule has 0 amide bonds. The van der Waals surface area contributed by atoms with E-state index in [1.807, 2.05) is 30.5 Å². The molecule has 0 aliphatic carbocycles. The number of hydrogen-bond acceptors (Lipinski definition) is 6. The molecule has 0 unspecified atom stereocenters. The minimum absolute atomic E-state index is 0.547. The first kappa shape index (κ1) is 17.4. The first-order chi connectivity index (χ1) is 13.2. The number of benzene rings is 1. The van der Waals surface area contributed by atoms with Gasteiger partial charge in [-0.25, -0.2) is 0 Å². The molecule has 1 aromatic carbocycles. The zero-order valence-corrected chi connectivity index (χ0v) is 15.6. The van der Waals surface area contributed by atoms with E-state index in [-0.39, 0.29) is 0 Å². The molecule has 0 saturated carbocycles. The molecule has 0 fully saturated rings. The maximum absolute atomic E-state index is 6.21. The van der Waals surface area contributed by atoms with Gasteiger partial charge in [0.25, 0.3) is 0 Å². The first-order valence-electron chi connectivity index (χ1n) is 8.71. The third kappa shape index (κ3) is 3.13. The second kappa shape index (κ2) is 7.32. The van der Waals surface area contributed by atoms with Crippen LogP contribution in [-0.4, -0.2) is 39.5 Å². The van der Waals surface area contributed by atoms with Crippen molar-refractivity contribution in [3.05, 3.63) is 42.1 Å². The molecule has 0 spiro atoms. The number of hydrogen-bond donors (Lipinski definition) is 0. The number of rotatable bonds is 5. The summed E-state index contributed by atoms with van der Waals surface area (Å²) in [6.07, 6.45) is 4.77. The number of fused-ring (bicyclic) bond motifs is 1. The van der Waals surface area contributed by atoms with Crippen LogP contribution in [0.4, 0.5) is 0 Å². The lowest BCUT2D eigenvalue weighted by atomic mass is 10.0. The van der Waals surface area contributed by atoms with Crippen LogP contribution in [0.15, 0.2) is 41.0 Å². The summed E-state index contributed by atoms with van der Waals surface area (Å²) in [6.45, 7) is 1.34.